The summed E-state index contributed by atoms with van der Waals surface area (Å²) < 4.78 is 15.8. The fourth-order valence-electron chi connectivity index (χ4n) is 3.87. The molecule has 2 aromatic heterocycles. The summed E-state index contributed by atoms with van der Waals surface area (Å²) in [5.41, 5.74) is 5.26. The van der Waals surface area contributed by atoms with E-state index in [2.05, 4.69) is 45.7 Å². The molecule has 0 radical (unpaired) electrons. The van der Waals surface area contributed by atoms with E-state index in [1.807, 2.05) is 31.5 Å². The summed E-state index contributed by atoms with van der Waals surface area (Å²) in [5.74, 6) is 6.09. The molecule has 0 aliphatic carbocycles. The van der Waals surface area contributed by atoms with Gasteiger partial charge in [0.2, 0.25) is 0 Å². The fourth-order valence-corrected chi connectivity index (χ4v) is 3.87. The minimum atomic E-state index is -0.253. The standard InChI is InChI=1S/C28H26FN3/c1-2-3-11-26(23-12-14-25(29)15-13-23)27-28(24-16-18-30-19-17-24)32(21-31-27)20-7-10-22-8-5-4-6-9-22/h4-6,8-9,12-19,21,26H,2,7,10,20H2,1H3. The fraction of sp³-hybridized carbons (Fsp3) is 0.214. The smallest absolute Gasteiger partial charge is 0.123 e. The van der Waals surface area contributed by atoms with Gasteiger partial charge in [0.1, 0.15) is 5.82 Å². The molecule has 0 aliphatic rings. The number of rotatable bonds is 7. The average Bonchev–Trinajstić information content (AvgIpc) is 3.25. The Balaban J connectivity index is 1.71. The van der Waals surface area contributed by atoms with Crippen LogP contribution in [0.15, 0.2) is 85.5 Å². The van der Waals surface area contributed by atoms with Gasteiger partial charge < -0.3 is 4.57 Å². The van der Waals surface area contributed by atoms with Crippen molar-refractivity contribution in [3.63, 3.8) is 0 Å². The van der Waals surface area contributed by atoms with Gasteiger partial charge in [-0.25, -0.2) is 9.37 Å². The minimum absolute atomic E-state index is 0.228. The molecule has 0 bridgehead atoms. The average molecular weight is 424 g/mol. The van der Waals surface area contributed by atoms with E-state index in [9.17, 15) is 4.39 Å². The van der Waals surface area contributed by atoms with Crippen LogP contribution in [0.25, 0.3) is 11.3 Å². The summed E-state index contributed by atoms with van der Waals surface area (Å²) in [5, 5.41) is 0. The van der Waals surface area contributed by atoms with Gasteiger partial charge in [-0.05, 0) is 48.2 Å². The molecule has 4 heteroatoms. The lowest BCUT2D eigenvalue weighted by Gasteiger charge is -2.15. The molecule has 0 aliphatic heterocycles. The molecule has 2 heterocycles. The molecule has 2 aromatic carbocycles. The second kappa shape index (κ2) is 10.5. The molecular weight excluding hydrogens is 397 g/mol. The van der Waals surface area contributed by atoms with Gasteiger partial charge in [-0.15, -0.1) is 5.92 Å². The molecule has 1 atom stereocenters. The van der Waals surface area contributed by atoms with Crippen molar-refractivity contribution in [1.29, 1.82) is 0 Å². The van der Waals surface area contributed by atoms with E-state index in [0.717, 1.165) is 48.3 Å². The van der Waals surface area contributed by atoms with Crippen molar-refractivity contribution < 1.29 is 4.39 Å². The molecule has 0 spiro atoms. The lowest BCUT2D eigenvalue weighted by molar-refractivity contribution is 0.627. The van der Waals surface area contributed by atoms with Crippen molar-refractivity contribution in [2.45, 2.75) is 38.6 Å². The minimum Gasteiger partial charge on any atom is -0.330 e. The number of hydrogen-bond donors (Lipinski definition) is 0. The van der Waals surface area contributed by atoms with E-state index in [-0.39, 0.29) is 11.7 Å². The second-order valence-corrected chi connectivity index (χ2v) is 7.66. The number of nitrogens with zero attached hydrogens (tertiary/aromatic N) is 3. The van der Waals surface area contributed by atoms with E-state index in [0.29, 0.717) is 0 Å². The van der Waals surface area contributed by atoms with Crippen LogP contribution in [0.1, 0.15) is 42.5 Å². The number of benzene rings is 2. The Labute approximate surface area is 189 Å². The highest BCUT2D eigenvalue weighted by atomic mass is 19.1. The topological polar surface area (TPSA) is 30.7 Å². The Hall–Kier alpha value is -3.71. The summed E-state index contributed by atoms with van der Waals surface area (Å²) in [7, 11) is 0. The largest absolute Gasteiger partial charge is 0.330 e. The van der Waals surface area contributed by atoms with E-state index >= 15 is 0 Å². The summed E-state index contributed by atoms with van der Waals surface area (Å²) in [6.45, 7) is 2.87. The maximum atomic E-state index is 13.6. The highest BCUT2D eigenvalue weighted by Crippen LogP contribution is 2.32. The SMILES string of the molecule is CCC#CC(c1ccc(F)cc1)c1ncn(CCCc2ccccc2)c1-c1ccncc1. The predicted molar refractivity (Wildman–Crippen MR) is 127 cm³/mol. The lowest BCUT2D eigenvalue weighted by Crippen LogP contribution is -2.05. The van der Waals surface area contributed by atoms with Crippen LogP contribution in [-0.2, 0) is 13.0 Å². The molecule has 0 fully saturated rings. The van der Waals surface area contributed by atoms with Crippen molar-refractivity contribution in [1.82, 2.24) is 14.5 Å². The Kier molecular flexibility index (Phi) is 7.09. The molecule has 0 amide bonds. The van der Waals surface area contributed by atoms with Crippen LogP contribution in [0.4, 0.5) is 4.39 Å². The zero-order valence-corrected chi connectivity index (χ0v) is 18.2. The van der Waals surface area contributed by atoms with Gasteiger partial charge >= 0.3 is 0 Å². The summed E-state index contributed by atoms with van der Waals surface area (Å²) in [6.07, 6.45) is 8.25. The number of aryl methyl sites for hydroxylation is 2. The van der Waals surface area contributed by atoms with Crippen LogP contribution in [0.3, 0.4) is 0 Å². The molecule has 4 aromatic rings. The zero-order chi connectivity index (χ0) is 22.2. The van der Waals surface area contributed by atoms with Gasteiger partial charge in [-0.2, -0.15) is 0 Å². The maximum Gasteiger partial charge on any atom is 0.123 e. The van der Waals surface area contributed by atoms with E-state index in [1.54, 1.807) is 24.5 Å². The van der Waals surface area contributed by atoms with Gasteiger partial charge in [0, 0.05) is 30.9 Å². The first-order chi connectivity index (χ1) is 15.8. The van der Waals surface area contributed by atoms with E-state index < -0.39 is 0 Å². The predicted octanol–water partition coefficient (Wildman–Crippen LogP) is 6.26. The van der Waals surface area contributed by atoms with Gasteiger partial charge in [0.25, 0.3) is 0 Å². The molecule has 32 heavy (non-hydrogen) atoms. The van der Waals surface area contributed by atoms with Crippen LogP contribution in [0.5, 0.6) is 0 Å². The molecule has 0 N–H and O–H groups in total. The molecule has 1 unspecified atom stereocenters. The highest BCUT2D eigenvalue weighted by molar-refractivity contribution is 5.65. The van der Waals surface area contributed by atoms with Crippen molar-refractivity contribution in [3.8, 4) is 23.1 Å². The maximum absolute atomic E-state index is 13.6. The quantitative estimate of drug-likeness (QED) is 0.328. The van der Waals surface area contributed by atoms with Crippen LogP contribution in [-0.4, -0.2) is 14.5 Å². The second-order valence-electron chi connectivity index (χ2n) is 7.66. The number of aromatic nitrogens is 3. The van der Waals surface area contributed by atoms with Crippen LogP contribution >= 0.6 is 0 Å². The molecule has 3 nitrogen and oxygen atoms in total. The molecule has 0 saturated carbocycles. The molecular formula is C28H26FN3. The van der Waals surface area contributed by atoms with Gasteiger partial charge in [0.15, 0.2) is 0 Å². The third-order valence-electron chi connectivity index (χ3n) is 5.43. The van der Waals surface area contributed by atoms with Crippen molar-refractivity contribution in [2.24, 2.45) is 0 Å². The third-order valence-corrected chi connectivity index (χ3v) is 5.43. The number of pyridine rings is 1. The van der Waals surface area contributed by atoms with Gasteiger partial charge in [0.05, 0.1) is 23.6 Å². The Bertz CT molecular complexity index is 1190. The van der Waals surface area contributed by atoms with Crippen molar-refractivity contribution in [3.05, 3.63) is 108 Å². The molecule has 160 valence electrons. The first kappa shape index (κ1) is 21.5. The Morgan fingerprint density at radius 3 is 2.44 bits per heavy atom. The number of imidazole rings is 1. The molecule has 0 saturated heterocycles. The van der Waals surface area contributed by atoms with Gasteiger partial charge in [-0.1, -0.05) is 55.3 Å². The van der Waals surface area contributed by atoms with E-state index in [4.69, 9.17) is 4.98 Å². The van der Waals surface area contributed by atoms with Crippen LogP contribution < -0.4 is 0 Å². The summed E-state index contributed by atoms with van der Waals surface area (Å²) in [4.78, 5) is 9.00. The van der Waals surface area contributed by atoms with Crippen LogP contribution in [0.2, 0.25) is 0 Å². The monoisotopic (exact) mass is 423 g/mol. The third kappa shape index (κ3) is 5.12. The summed E-state index contributed by atoms with van der Waals surface area (Å²) in [6, 6.07) is 21.1. The zero-order valence-electron chi connectivity index (χ0n) is 18.2. The Morgan fingerprint density at radius 1 is 0.969 bits per heavy atom. The number of halogens is 1. The van der Waals surface area contributed by atoms with E-state index in [1.165, 1.54) is 17.7 Å². The molecule has 4 rings (SSSR count). The van der Waals surface area contributed by atoms with Crippen molar-refractivity contribution >= 4 is 0 Å². The van der Waals surface area contributed by atoms with Gasteiger partial charge in [-0.3, -0.25) is 4.98 Å². The summed E-state index contributed by atoms with van der Waals surface area (Å²) >= 11 is 0. The van der Waals surface area contributed by atoms with Crippen molar-refractivity contribution in [2.75, 3.05) is 0 Å². The normalized spacial score (nSPS) is 11.6. The first-order valence-electron chi connectivity index (χ1n) is 11.0. The number of hydrogen-bond acceptors (Lipinski definition) is 2. The van der Waals surface area contributed by atoms with Crippen LogP contribution in [0, 0.1) is 17.7 Å². The highest BCUT2D eigenvalue weighted by Gasteiger charge is 2.22. The lowest BCUT2D eigenvalue weighted by atomic mass is 9.93. The first-order valence-corrected chi connectivity index (χ1v) is 11.0. The Morgan fingerprint density at radius 2 is 1.72 bits per heavy atom.